The van der Waals surface area contributed by atoms with Crippen LogP contribution in [0.3, 0.4) is 0 Å². The maximum absolute atomic E-state index is 13.3. The molecule has 1 saturated carbocycles. The van der Waals surface area contributed by atoms with Crippen LogP contribution in [-0.2, 0) is 0 Å². The van der Waals surface area contributed by atoms with Gasteiger partial charge in [0.25, 0.3) is 0 Å². The first kappa shape index (κ1) is 17.9. The molecule has 0 bridgehead atoms. The zero-order valence-corrected chi connectivity index (χ0v) is 16.7. The van der Waals surface area contributed by atoms with E-state index in [9.17, 15) is 4.39 Å². The number of benzene rings is 1. The van der Waals surface area contributed by atoms with Crippen LogP contribution in [0, 0.1) is 5.82 Å². The number of nitrogens with zero attached hydrogens (tertiary/aromatic N) is 5. The van der Waals surface area contributed by atoms with Gasteiger partial charge in [0.2, 0.25) is 0 Å². The third kappa shape index (κ3) is 3.37. The van der Waals surface area contributed by atoms with Gasteiger partial charge in [-0.25, -0.2) is 14.4 Å². The summed E-state index contributed by atoms with van der Waals surface area (Å²) >= 11 is 1.44. The second-order valence-electron chi connectivity index (χ2n) is 7.73. The van der Waals surface area contributed by atoms with E-state index >= 15 is 0 Å². The van der Waals surface area contributed by atoms with Crippen molar-refractivity contribution in [1.82, 2.24) is 19.2 Å². The van der Waals surface area contributed by atoms with E-state index in [1.165, 1.54) is 55.8 Å². The summed E-state index contributed by atoms with van der Waals surface area (Å²) in [7, 11) is 0. The minimum atomic E-state index is -0.241. The van der Waals surface area contributed by atoms with Crippen molar-refractivity contribution >= 4 is 27.6 Å². The predicted octanol–water partition coefficient (Wildman–Crippen LogP) is 4.35. The summed E-state index contributed by atoms with van der Waals surface area (Å²) in [6.45, 7) is 4.18. The van der Waals surface area contributed by atoms with Crippen LogP contribution in [0.1, 0.15) is 32.1 Å². The van der Waals surface area contributed by atoms with E-state index in [-0.39, 0.29) is 5.82 Å². The molecular weight excluding hydrogens is 373 g/mol. The number of hydrogen-bond acceptors (Lipinski definition) is 6. The van der Waals surface area contributed by atoms with Gasteiger partial charge >= 0.3 is 0 Å². The Morgan fingerprint density at radius 2 is 1.68 bits per heavy atom. The highest BCUT2D eigenvalue weighted by Gasteiger charge is 2.27. The summed E-state index contributed by atoms with van der Waals surface area (Å²) < 4.78 is 18.9. The first-order valence-electron chi connectivity index (χ1n) is 10.1. The minimum absolute atomic E-state index is 0.241. The van der Waals surface area contributed by atoms with E-state index in [1.807, 2.05) is 0 Å². The lowest BCUT2D eigenvalue weighted by Crippen LogP contribution is -2.51. The fraction of sp³-hybridized carbons (Fsp3) is 0.476. The van der Waals surface area contributed by atoms with Crippen LogP contribution in [0.2, 0.25) is 0 Å². The highest BCUT2D eigenvalue weighted by atomic mass is 32.1. The second kappa shape index (κ2) is 7.72. The number of halogens is 1. The SMILES string of the molecule is Fc1ccc(-c2nsc3c(N4CCN(C5CCCCC5)CC4)ncnc23)cc1. The van der Waals surface area contributed by atoms with Crippen LogP contribution in [0.4, 0.5) is 10.2 Å². The molecule has 2 aliphatic rings. The van der Waals surface area contributed by atoms with Crippen LogP contribution < -0.4 is 4.90 Å². The van der Waals surface area contributed by atoms with Gasteiger partial charge in [-0.15, -0.1) is 0 Å². The second-order valence-corrected chi connectivity index (χ2v) is 8.50. The van der Waals surface area contributed by atoms with Gasteiger partial charge in [0, 0.05) is 37.8 Å². The van der Waals surface area contributed by atoms with Gasteiger partial charge in [0.1, 0.15) is 28.1 Å². The number of rotatable bonds is 3. The summed E-state index contributed by atoms with van der Waals surface area (Å²) in [5.74, 6) is 0.744. The van der Waals surface area contributed by atoms with E-state index in [2.05, 4.69) is 24.1 Å². The third-order valence-electron chi connectivity index (χ3n) is 6.06. The van der Waals surface area contributed by atoms with Gasteiger partial charge in [-0.2, -0.15) is 4.37 Å². The summed E-state index contributed by atoms with van der Waals surface area (Å²) in [5.41, 5.74) is 2.56. The summed E-state index contributed by atoms with van der Waals surface area (Å²) in [5, 5.41) is 0. The highest BCUT2D eigenvalue weighted by molar-refractivity contribution is 7.14. The van der Waals surface area contributed by atoms with Crippen LogP contribution in [0.25, 0.3) is 21.5 Å². The van der Waals surface area contributed by atoms with Gasteiger partial charge in [-0.3, -0.25) is 4.90 Å². The lowest BCUT2D eigenvalue weighted by atomic mass is 9.94. The van der Waals surface area contributed by atoms with Gasteiger partial charge in [0.15, 0.2) is 5.82 Å². The zero-order valence-electron chi connectivity index (χ0n) is 15.9. The van der Waals surface area contributed by atoms with Crippen molar-refractivity contribution in [2.75, 3.05) is 31.1 Å². The molecule has 1 aliphatic heterocycles. The molecule has 146 valence electrons. The van der Waals surface area contributed by atoms with Crippen LogP contribution >= 0.6 is 11.5 Å². The quantitative estimate of drug-likeness (QED) is 0.658. The van der Waals surface area contributed by atoms with Crippen molar-refractivity contribution in [3.63, 3.8) is 0 Å². The number of piperazine rings is 1. The summed E-state index contributed by atoms with van der Waals surface area (Å²) in [6, 6.07) is 7.22. The Bertz CT molecular complexity index is 943. The molecule has 5 rings (SSSR count). The molecule has 7 heteroatoms. The van der Waals surface area contributed by atoms with Crippen LogP contribution in [-0.4, -0.2) is 51.5 Å². The van der Waals surface area contributed by atoms with Gasteiger partial charge < -0.3 is 4.90 Å². The Morgan fingerprint density at radius 3 is 2.43 bits per heavy atom. The Hall–Kier alpha value is -2.12. The molecule has 2 fully saturated rings. The molecule has 0 amide bonds. The topological polar surface area (TPSA) is 45.2 Å². The number of fused-ring (bicyclic) bond motifs is 1. The summed E-state index contributed by atoms with van der Waals surface area (Å²) in [6.07, 6.45) is 8.50. The van der Waals surface area contributed by atoms with E-state index < -0.39 is 0 Å². The van der Waals surface area contributed by atoms with Crippen molar-refractivity contribution in [3.8, 4) is 11.3 Å². The number of anilines is 1. The molecule has 0 radical (unpaired) electrons. The maximum atomic E-state index is 13.3. The Kier molecular flexibility index (Phi) is 4.94. The lowest BCUT2D eigenvalue weighted by Gasteiger charge is -2.41. The molecule has 0 unspecified atom stereocenters. The minimum Gasteiger partial charge on any atom is -0.353 e. The summed E-state index contributed by atoms with van der Waals surface area (Å²) in [4.78, 5) is 14.1. The first-order valence-corrected chi connectivity index (χ1v) is 10.9. The Labute approximate surface area is 168 Å². The molecule has 5 nitrogen and oxygen atoms in total. The van der Waals surface area contributed by atoms with E-state index in [0.29, 0.717) is 0 Å². The third-order valence-corrected chi connectivity index (χ3v) is 6.89. The van der Waals surface area contributed by atoms with E-state index in [1.54, 1.807) is 18.5 Å². The van der Waals surface area contributed by atoms with Crippen LogP contribution in [0.15, 0.2) is 30.6 Å². The molecule has 0 N–H and O–H groups in total. The average Bonchev–Trinajstić information content (AvgIpc) is 3.19. The predicted molar refractivity (Wildman–Crippen MR) is 111 cm³/mol. The Morgan fingerprint density at radius 1 is 0.929 bits per heavy atom. The monoisotopic (exact) mass is 397 g/mol. The zero-order chi connectivity index (χ0) is 18.9. The molecule has 0 atom stereocenters. The smallest absolute Gasteiger partial charge is 0.151 e. The van der Waals surface area contributed by atoms with Crippen molar-refractivity contribution in [1.29, 1.82) is 0 Å². The van der Waals surface area contributed by atoms with Crippen molar-refractivity contribution in [2.45, 2.75) is 38.1 Å². The average molecular weight is 398 g/mol. The largest absolute Gasteiger partial charge is 0.353 e. The molecule has 1 aliphatic carbocycles. The maximum Gasteiger partial charge on any atom is 0.151 e. The molecule has 3 aromatic rings. The highest BCUT2D eigenvalue weighted by Crippen LogP contribution is 2.35. The molecule has 1 aromatic carbocycles. The van der Waals surface area contributed by atoms with Crippen molar-refractivity contribution in [3.05, 3.63) is 36.4 Å². The molecule has 0 spiro atoms. The fourth-order valence-corrected chi connectivity index (χ4v) is 5.39. The van der Waals surface area contributed by atoms with Gasteiger partial charge in [-0.05, 0) is 48.6 Å². The first-order chi connectivity index (χ1) is 13.8. The van der Waals surface area contributed by atoms with Crippen molar-refractivity contribution < 1.29 is 4.39 Å². The van der Waals surface area contributed by atoms with Crippen LogP contribution in [0.5, 0.6) is 0 Å². The van der Waals surface area contributed by atoms with Gasteiger partial charge in [-0.1, -0.05) is 19.3 Å². The molecule has 1 saturated heterocycles. The fourth-order valence-electron chi connectivity index (χ4n) is 4.52. The van der Waals surface area contributed by atoms with Crippen molar-refractivity contribution in [2.24, 2.45) is 0 Å². The lowest BCUT2D eigenvalue weighted by molar-refractivity contribution is 0.148. The molecule has 2 aromatic heterocycles. The normalized spacial score (nSPS) is 19.4. The van der Waals surface area contributed by atoms with E-state index in [0.717, 1.165) is 59.5 Å². The van der Waals surface area contributed by atoms with Gasteiger partial charge in [0.05, 0.1) is 0 Å². The molecule has 28 heavy (non-hydrogen) atoms. The molecule has 3 heterocycles. The number of aromatic nitrogens is 3. The Balaban J connectivity index is 1.37. The number of hydrogen-bond donors (Lipinski definition) is 0. The molecular formula is C21H24FN5S. The van der Waals surface area contributed by atoms with E-state index in [4.69, 9.17) is 0 Å². The standard InChI is InChI=1S/C21H24FN5S/c22-16-8-6-15(7-9-16)18-19-20(28-25-18)21(24-14-23-19)27-12-10-26(11-13-27)17-4-2-1-3-5-17/h6-9,14,17H,1-5,10-13H2.